The summed E-state index contributed by atoms with van der Waals surface area (Å²) in [6, 6.07) is 8.79. The number of nitrogens with zero attached hydrogens (tertiary/aromatic N) is 2. The van der Waals surface area contributed by atoms with Crippen molar-refractivity contribution in [1.82, 2.24) is 15.2 Å². The molecule has 0 radical (unpaired) electrons. The first-order chi connectivity index (χ1) is 19.9. The highest BCUT2D eigenvalue weighted by Crippen LogP contribution is 2.25. The number of benzene rings is 1. The van der Waals surface area contributed by atoms with Gasteiger partial charge in [0, 0.05) is 48.9 Å². The fourth-order valence-electron chi connectivity index (χ4n) is 4.25. The average molecular weight is 600 g/mol. The second kappa shape index (κ2) is 16.6. The van der Waals surface area contributed by atoms with Crippen LogP contribution in [-0.4, -0.2) is 35.5 Å². The number of hydrogen-bond donors (Lipinski definition) is 3. The number of hydrogen-bond acceptors (Lipinski definition) is 6. The van der Waals surface area contributed by atoms with Crippen LogP contribution in [0.5, 0.6) is 0 Å². The molecule has 0 aliphatic rings. The minimum Gasteiger partial charge on any atom is -0.444 e. The average Bonchev–Trinajstić information content (AvgIpc) is 2.89. The zero-order valence-electron chi connectivity index (χ0n) is 25.2. The predicted octanol–water partition coefficient (Wildman–Crippen LogP) is 6.46. The van der Waals surface area contributed by atoms with Crippen LogP contribution in [0.4, 0.5) is 20.6 Å². The maximum atomic E-state index is 13.9. The number of nitrogen functional groups attached to an aromatic ring is 1. The zero-order valence-corrected chi connectivity index (χ0v) is 25.9. The second-order valence-corrected chi connectivity index (χ2v) is 11.3. The Morgan fingerprint density at radius 1 is 1.29 bits per heavy atom. The van der Waals surface area contributed by atoms with E-state index in [2.05, 4.69) is 16.6 Å². The van der Waals surface area contributed by atoms with E-state index in [1.807, 2.05) is 45.9 Å². The summed E-state index contributed by atoms with van der Waals surface area (Å²) in [6.45, 7) is 9.73. The predicted molar refractivity (Wildman–Crippen MR) is 171 cm³/mol. The fourth-order valence-corrected chi connectivity index (χ4v) is 4.45. The molecule has 0 saturated carbocycles. The number of allylic oxidation sites excluding steroid dienone is 4. The molecule has 1 aromatic heterocycles. The van der Waals surface area contributed by atoms with Gasteiger partial charge in [0.25, 0.3) is 5.56 Å². The van der Waals surface area contributed by atoms with Crippen molar-refractivity contribution in [3.8, 4) is 12.3 Å². The number of anilines is 2. The van der Waals surface area contributed by atoms with Crippen molar-refractivity contribution in [2.45, 2.75) is 78.5 Å². The topological polar surface area (TPSA) is 102 Å². The molecule has 0 aliphatic carbocycles. The molecular formula is C32H43ClFN5O3. The molecule has 2 rings (SSSR count). The number of amides is 1. The van der Waals surface area contributed by atoms with Gasteiger partial charge < -0.3 is 20.7 Å². The smallest absolute Gasteiger partial charge is 0.407 e. The first kappa shape index (κ1) is 34.5. The summed E-state index contributed by atoms with van der Waals surface area (Å²) >= 11 is 6.49. The summed E-state index contributed by atoms with van der Waals surface area (Å²) in [5.74, 6) is 2.17. The molecule has 1 unspecified atom stereocenters. The van der Waals surface area contributed by atoms with E-state index in [1.165, 1.54) is 17.6 Å². The molecule has 0 aliphatic heterocycles. The van der Waals surface area contributed by atoms with Crippen LogP contribution in [0.15, 0.2) is 59.3 Å². The van der Waals surface area contributed by atoms with Gasteiger partial charge in [-0.3, -0.25) is 14.7 Å². The van der Waals surface area contributed by atoms with Gasteiger partial charge in [-0.1, -0.05) is 49.2 Å². The number of alkyl carbamates (subject to hydrolysis) is 1. The Labute approximate surface area is 253 Å². The van der Waals surface area contributed by atoms with Gasteiger partial charge >= 0.3 is 6.09 Å². The van der Waals surface area contributed by atoms with Crippen molar-refractivity contribution >= 4 is 34.8 Å². The normalized spacial score (nSPS) is 12.9. The van der Waals surface area contributed by atoms with Crippen LogP contribution < -0.4 is 26.8 Å². The number of rotatable bonds is 14. The van der Waals surface area contributed by atoms with Crippen molar-refractivity contribution < 1.29 is 13.9 Å². The Morgan fingerprint density at radius 3 is 2.62 bits per heavy atom. The molecule has 42 heavy (non-hydrogen) atoms. The van der Waals surface area contributed by atoms with Crippen LogP contribution in [0.2, 0.25) is 5.02 Å². The first-order valence-corrected chi connectivity index (χ1v) is 14.4. The quantitative estimate of drug-likeness (QED) is 0.170. The van der Waals surface area contributed by atoms with Gasteiger partial charge in [0.1, 0.15) is 11.3 Å². The third kappa shape index (κ3) is 11.3. The van der Waals surface area contributed by atoms with Crippen LogP contribution in [0, 0.1) is 12.3 Å². The third-order valence-corrected chi connectivity index (χ3v) is 6.51. The molecule has 4 N–H and O–H groups in total. The molecule has 0 bridgehead atoms. The molecule has 228 valence electrons. The van der Waals surface area contributed by atoms with Crippen LogP contribution in [-0.2, 0) is 11.3 Å². The lowest BCUT2D eigenvalue weighted by Gasteiger charge is -2.29. The largest absolute Gasteiger partial charge is 0.444 e. The van der Waals surface area contributed by atoms with Gasteiger partial charge in [0.15, 0.2) is 0 Å². The lowest BCUT2D eigenvalue weighted by molar-refractivity contribution is 0.0501. The van der Waals surface area contributed by atoms with Crippen LogP contribution in [0.25, 0.3) is 5.70 Å². The molecule has 10 heteroatoms. The number of ether oxygens (including phenoxy) is 1. The lowest BCUT2D eigenvalue weighted by atomic mass is 10.1. The highest BCUT2D eigenvalue weighted by Gasteiger charge is 2.21. The standard InChI is InChI=1S/C32H43ClFN5O3/c1-7-9-14-26(17-16-23(3)34)39-19-18-28(35)29(30(39)40)38(21-24-13-10-11-15-27(24)33)22-36-20-25(12-8-2)37-31(41)42-32(4,5)6/h1,10-11,13-16,18-19,25,36H,8-9,12,17,20-22,35H2,2-6H3,(H,37,41)/b23-16+,26-14+. The van der Waals surface area contributed by atoms with E-state index in [9.17, 15) is 14.0 Å². The minimum atomic E-state index is -0.614. The Bertz CT molecular complexity index is 1350. The van der Waals surface area contributed by atoms with E-state index in [1.54, 1.807) is 29.3 Å². The third-order valence-electron chi connectivity index (χ3n) is 6.14. The Morgan fingerprint density at radius 2 is 2.00 bits per heavy atom. The van der Waals surface area contributed by atoms with Crippen LogP contribution in [0.1, 0.15) is 65.9 Å². The fraction of sp³-hybridized carbons (Fsp3) is 0.438. The SMILES string of the molecule is C#CC/C=C(\C/C=C(\C)F)n1ccc(N)c(N(CNCC(CCC)NC(=O)OC(C)(C)C)Cc2ccccc2Cl)c1=O. The second-order valence-electron chi connectivity index (χ2n) is 10.9. The molecular weight excluding hydrogens is 557 g/mol. The number of carbonyl (C=O) groups excluding carboxylic acids is 1. The van der Waals surface area contributed by atoms with Crippen molar-refractivity contribution in [2.24, 2.45) is 0 Å². The van der Waals surface area contributed by atoms with Gasteiger partial charge in [0.05, 0.1) is 18.2 Å². The van der Waals surface area contributed by atoms with Crippen molar-refractivity contribution in [3.63, 3.8) is 0 Å². The van der Waals surface area contributed by atoms with Crippen molar-refractivity contribution in [2.75, 3.05) is 23.8 Å². The maximum absolute atomic E-state index is 13.9. The molecule has 1 aromatic carbocycles. The van der Waals surface area contributed by atoms with Gasteiger partial charge in [-0.2, -0.15) is 0 Å². The van der Waals surface area contributed by atoms with Crippen LogP contribution >= 0.6 is 11.6 Å². The lowest BCUT2D eigenvalue weighted by Crippen LogP contribution is -2.47. The van der Waals surface area contributed by atoms with Gasteiger partial charge in [-0.25, -0.2) is 9.18 Å². The summed E-state index contributed by atoms with van der Waals surface area (Å²) in [4.78, 5) is 28.2. The van der Waals surface area contributed by atoms with Crippen LogP contribution in [0.3, 0.4) is 0 Å². The highest BCUT2D eigenvalue weighted by molar-refractivity contribution is 6.31. The van der Waals surface area contributed by atoms with Crippen molar-refractivity contribution in [1.29, 1.82) is 0 Å². The van der Waals surface area contributed by atoms with E-state index in [4.69, 9.17) is 28.5 Å². The molecule has 1 heterocycles. The Hall–Kier alpha value is -3.74. The summed E-state index contributed by atoms with van der Waals surface area (Å²) in [6.07, 6.45) is 11.7. The van der Waals surface area contributed by atoms with Gasteiger partial charge in [0.2, 0.25) is 0 Å². The number of pyridine rings is 1. The number of nitrogens with two attached hydrogens (primary N) is 1. The molecule has 1 atom stereocenters. The maximum Gasteiger partial charge on any atom is 0.407 e. The number of carbonyl (C=O) groups is 1. The van der Waals surface area contributed by atoms with E-state index in [0.717, 1.165) is 18.4 Å². The zero-order chi connectivity index (χ0) is 31.3. The number of halogens is 2. The molecule has 2 aromatic rings. The number of aromatic nitrogens is 1. The number of terminal acetylenes is 1. The van der Waals surface area contributed by atoms with E-state index >= 15 is 0 Å². The summed E-state index contributed by atoms with van der Waals surface area (Å²) in [7, 11) is 0. The van der Waals surface area contributed by atoms with Gasteiger partial charge in [-0.15, -0.1) is 12.3 Å². The van der Waals surface area contributed by atoms with Gasteiger partial charge in [-0.05, 0) is 57.9 Å². The van der Waals surface area contributed by atoms with E-state index in [0.29, 0.717) is 17.3 Å². The number of nitrogens with one attached hydrogen (secondary N) is 2. The van der Waals surface area contributed by atoms with E-state index < -0.39 is 11.7 Å². The monoisotopic (exact) mass is 599 g/mol. The summed E-state index contributed by atoms with van der Waals surface area (Å²) in [5, 5.41) is 6.83. The molecule has 1 amide bonds. The summed E-state index contributed by atoms with van der Waals surface area (Å²) in [5.41, 5.74) is 7.26. The molecule has 0 spiro atoms. The highest BCUT2D eigenvalue weighted by atomic mass is 35.5. The minimum absolute atomic E-state index is 0.172. The first-order valence-electron chi connectivity index (χ1n) is 14.0. The van der Waals surface area contributed by atoms with Crippen molar-refractivity contribution in [3.05, 3.63) is 75.4 Å². The van der Waals surface area contributed by atoms with E-state index in [-0.39, 0.29) is 54.9 Å². The molecule has 8 nitrogen and oxygen atoms in total. The Kier molecular flexibility index (Phi) is 13.7. The molecule has 0 saturated heterocycles. The Balaban J connectivity index is 2.44. The summed E-state index contributed by atoms with van der Waals surface area (Å²) < 4.78 is 20.5. The molecule has 0 fully saturated rings.